The number of nitrogens with one attached hydrogen (secondary N) is 8. The summed E-state index contributed by atoms with van der Waals surface area (Å²) in [5.41, 5.74) is 0. The highest BCUT2D eigenvalue weighted by Crippen LogP contribution is 2.26. The Morgan fingerprint density at radius 3 is 0.526 bits per heavy atom. The second-order valence-electron chi connectivity index (χ2n) is 30.2. The molecule has 8 atom stereocenters. The number of hydroxylamine groups is 8. The van der Waals surface area contributed by atoms with E-state index in [1.54, 1.807) is 0 Å². The van der Waals surface area contributed by atoms with Gasteiger partial charge in [0.1, 0.15) is 0 Å². The topological polar surface area (TPSA) is 500 Å². The maximum absolute atomic E-state index is 12.1. The van der Waals surface area contributed by atoms with E-state index in [4.69, 9.17) is 19.4 Å². The van der Waals surface area contributed by atoms with Gasteiger partial charge < -0.3 is 61.9 Å². The molecule has 8 aliphatic rings. The molecule has 0 aromatic heterocycles. The van der Waals surface area contributed by atoms with Crippen molar-refractivity contribution in [2.75, 3.05) is 78.5 Å². The number of hydrogen-bond acceptors (Lipinski definition) is 28. The third kappa shape index (κ3) is 34.8. The third-order valence-corrected chi connectivity index (χ3v) is 20.9. The molecule has 8 heterocycles. The van der Waals surface area contributed by atoms with Crippen molar-refractivity contribution in [3.8, 4) is 0 Å². The van der Waals surface area contributed by atoms with Gasteiger partial charge in [-0.1, -0.05) is 25.7 Å². The fourth-order valence-electron chi connectivity index (χ4n) is 14.1. The van der Waals surface area contributed by atoms with Crippen molar-refractivity contribution in [1.82, 2.24) is 82.4 Å². The molecule has 0 aliphatic carbocycles. The zero-order valence-electron chi connectivity index (χ0n) is 68.3. The zero-order valence-corrected chi connectivity index (χ0v) is 68.3. The van der Waals surface area contributed by atoms with E-state index in [1.165, 1.54) is 25.7 Å². The van der Waals surface area contributed by atoms with Gasteiger partial charge in [0.2, 0.25) is 47.3 Å². The first-order valence-electron chi connectivity index (χ1n) is 40.5. The van der Waals surface area contributed by atoms with E-state index in [9.17, 15) is 95.9 Å². The van der Waals surface area contributed by atoms with Crippen molar-refractivity contribution in [3.63, 3.8) is 0 Å². The number of rotatable bonds is 36. The van der Waals surface area contributed by atoms with Crippen molar-refractivity contribution in [2.45, 2.75) is 284 Å². The van der Waals surface area contributed by atoms with Crippen molar-refractivity contribution < 1.29 is 115 Å². The fraction of sp³-hybridized carbons (Fsp3) is 0.737. The van der Waals surface area contributed by atoms with E-state index < -0.39 is 71.1 Å². The largest absolute Gasteiger partial charge is 0.355 e. The van der Waals surface area contributed by atoms with Gasteiger partial charge in [0.25, 0.3) is 47.3 Å². The Kier molecular flexibility index (Phi) is 42.1. The molecule has 40 heteroatoms. The summed E-state index contributed by atoms with van der Waals surface area (Å²) in [4.78, 5) is 261. The summed E-state index contributed by atoms with van der Waals surface area (Å²) < 4.78 is 0. The highest BCUT2D eigenvalue weighted by atomic mass is 16.8. The van der Waals surface area contributed by atoms with Crippen molar-refractivity contribution in [2.24, 2.45) is 0 Å². The van der Waals surface area contributed by atoms with Crippen molar-refractivity contribution in [1.29, 1.82) is 0 Å². The van der Waals surface area contributed by atoms with Crippen molar-refractivity contribution >= 4 is 118 Å². The fourth-order valence-corrected chi connectivity index (χ4v) is 14.1. The van der Waals surface area contributed by atoms with Crippen LogP contribution < -0.4 is 42.5 Å². The lowest BCUT2D eigenvalue weighted by atomic mass is 9.98. The van der Waals surface area contributed by atoms with Gasteiger partial charge >= 0.3 is 23.9 Å². The highest BCUT2D eigenvalue weighted by molar-refractivity contribution is 6.04. The molecule has 40 nitrogen and oxygen atoms in total. The summed E-state index contributed by atoms with van der Waals surface area (Å²) in [6, 6.07) is 2.99. The molecule has 0 aromatic carbocycles. The van der Waals surface area contributed by atoms with Crippen LogP contribution in [0.15, 0.2) is 0 Å². The first-order valence-corrected chi connectivity index (χ1v) is 40.5. The van der Waals surface area contributed by atoms with Crippen LogP contribution in [0.1, 0.15) is 235 Å². The van der Waals surface area contributed by atoms with Crippen LogP contribution in [-0.4, -0.2) is 285 Å². The van der Waals surface area contributed by atoms with E-state index >= 15 is 0 Å². The van der Waals surface area contributed by atoms with Gasteiger partial charge in [-0.05, 0) is 107 Å². The molecule has 8 rings (SSSR count). The standard InChI is InChI=1S/4C19H30N4O6/c4*1-13-4-3-5-14(2)22(13)12-16(25)21-10-8-15(24)20-11-9-19(28)29-23-17(26)6-7-18(23)27/h4*13-14H,3-12H2,1-2H3,(H,20,24)(H,21,25)/i20+1,21+1,22+1;16+1,20+1,21+1;15+1,16+1,20+1;15+1,16+1,19+1. The van der Waals surface area contributed by atoms with Gasteiger partial charge in [-0.3, -0.25) is 96.3 Å². The number of likely N-dealkylation sites (tertiary alicyclic amines) is 4. The van der Waals surface area contributed by atoms with E-state index in [-0.39, 0.29) is 202 Å². The molecule has 0 aromatic rings. The Bertz CT molecular complexity index is 2950. The molecule has 16 amide bonds. The molecule has 0 spiro atoms. The average molecular weight is 1650 g/mol. The van der Waals surface area contributed by atoms with E-state index in [2.05, 4.69) is 118 Å². The van der Waals surface area contributed by atoms with Crippen LogP contribution in [-0.2, 0) is 115 Å². The minimum absolute atomic E-state index is 0.0185. The third-order valence-electron chi connectivity index (χ3n) is 20.9. The van der Waals surface area contributed by atoms with E-state index in [0.29, 0.717) is 94.8 Å². The molecule has 0 bridgehead atoms. The SMILES string of the molecule is CC1CCCC(C)N1C[13C](=O)NCC[13C](=O)NCC[13C](=O)ON1C(=O)CCC1=O.CC1CCCC(C)N1C[13C](=O)NCC[13C](=O)[15NH]CCC(=O)ON1C(=O)CCC1=O.CC1CCCC(C)N1C[13C](=O)[15NH]CCC(=O)[15NH]CCC(=O)ON1C(=O)CCC1=O.CC1CCCC(C)[15N]1CC(=O)[15NH]CCC(=O)[15NH]CCC(=O)ON1C(=O)CCC1=O. The number of hydrogen-bond donors (Lipinski definition) is 8. The Morgan fingerprint density at radius 1 is 0.233 bits per heavy atom. The van der Waals surface area contributed by atoms with E-state index in [0.717, 1.165) is 51.4 Å². The van der Waals surface area contributed by atoms with Crippen LogP contribution in [0.4, 0.5) is 0 Å². The highest BCUT2D eigenvalue weighted by Gasteiger charge is 2.38. The molecule has 8 aliphatic heterocycles. The number of nitrogens with zero attached hydrogens (tertiary/aromatic N) is 8. The van der Waals surface area contributed by atoms with Crippen LogP contribution in [0, 0.1) is 0 Å². The summed E-state index contributed by atoms with van der Waals surface area (Å²) in [7, 11) is 0. The first-order chi connectivity index (χ1) is 55.1. The first kappa shape index (κ1) is 96.6. The summed E-state index contributed by atoms with van der Waals surface area (Å²) in [6.07, 6.45) is 13.4. The van der Waals surface area contributed by atoms with Crippen LogP contribution >= 0.6 is 0 Å². The summed E-state index contributed by atoms with van der Waals surface area (Å²) in [5, 5.41) is 23.0. The van der Waals surface area contributed by atoms with Crippen molar-refractivity contribution in [3.05, 3.63) is 0 Å². The minimum Gasteiger partial charge on any atom is -0.355 e. The Hall–Kier alpha value is -9.96. The molecule has 8 unspecified atom stereocenters. The maximum atomic E-state index is 12.1. The van der Waals surface area contributed by atoms with Gasteiger partial charge in [-0.2, -0.15) is 0 Å². The number of piperidine rings is 4. The molecule has 8 N–H and O–H groups in total. The predicted molar refractivity (Wildman–Crippen MR) is 408 cm³/mol. The van der Waals surface area contributed by atoms with Crippen LogP contribution in [0.25, 0.3) is 0 Å². The van der Waals surface area contributed by atoms with Gasteiger partial charge in [-0.25, -0.2) is 19.2 Å². The molecule has 0 saturated carbocycles. The van der Waals surface area contributed by atoms with Gasteiger partial charge in [-0.15, -0.1) is 20.3 Å². The summed E-state index contributed by atoms with van der Waals surface area (Å²) >= 11 is 0. The molecule has 0 radical (unpaired) electrons. The maximum Gasteiger partial charge on any atom is 0.334 e. The molecule has 8 saturated heterocycles. The minimum atomic E-state index is -0.771. The molecule has 8 fully saturated rings. The zero-order chi connectivity index (χ0) is 85.6. The van der Waals surface area contributed by atoms with Crippen LogP contribution in [0.5, 0.6) is 0 Å². The smallest absolute Gasteiger partial charge is 0.334 e. The van der Waals surface area contributed by atoms with Crippen LogP contribution in [0.3, 0.4) is 0 Å². The summed E-state index contributed by atoms with van der Waals surface area (Å²) in [5.74, 6) is -9.14. The average Bonchev–Trinajstić information content (AvgIpc) is 1.24. The van der Waals surface area contributed by atoms with Gasteiger partial charge in [0.05, 0.1) is 51.9 Å². The molecule has 648 valence electrons. The van der Waals surface area contributed by atoms with Gasteiger partial charge in [0, 0.05) is 178 Å². The molecular weight excluding hydrogens is 1530 g/mol. The Balaban J connectivity index is 0.000000276. The molecular formula is C76H120N16O24. The monoisotopic (exact) mass is 1650 g/mol. The van der Waals surface area contributed by atoms with Gasteiger partial charge in [0.15, 0.2) is 0 Å². The lowest BCUT2D eigenvalue weighted by Crippen LogP contribution is -2.49. The summed E-state index contributed by atoms with van der Waals surface area (Å²) in [6.45, 7) is 19.2. The number of amides is 16. The second-order valence-corrected chi connectivity index (χ2v) is 30.2. The normalized spacial score (nSPS) is 22.5. The Labute approximate surface area is 675 Å². The predicted octanol–water partition coefficient (Wildman–Crippen LogP) is -0.524. The quantitative estimate of drug-likeness (QED) is 0.0222. The second kappa shape index (κ2) is 50.5. The lowest BCUT2D eigenvalue weighted by Gasteiger charge is -2.38. The Morgan fingerprint density at radius 2 is 0.371 bits per heavy atom. The number of carbonyl (C=O) groups excluding carboxylic acids is 20. The van der Waals surface area contributed by atoms with Crippen LogP contribution in [0.2, 0.25) is 0 Å². The van der Waals surface area contributed by atoms with E-state index in [1.807, 2.05) is 0 Å². The number of carbonyl (C=O) groups is 20. The lowest BCUT2D eigenvalue weighted by molar-refractivity contribution is -0.197. The number of imide groups is 4. The molecule has 116 heavy (non-hydrogen) atoms.